The van der Waals surface area contributed by atoms with Gasteiger partial charge in [-0.2, -0.15) is 0 Å². The van der Waals surface area contributed by atoms with Crippen LogP contribution in [0.2, 0.25) is 20.1 Å². The minimum atomic E-state index is -0.0876. The molecule has 8 heteroatoms. The van der Waals surface area contributed by atoms with Gasteiger partial charge in [0.05, 0.1) is 20.1 Å². The van der Waals surface area contributed by atoms with Crippen molar-refractivity contribution in [1.82, 2.24) is 0 Å². The SMILES string of the molecule is Oc1ccc(C(=C(c2ccc(O)c(Cl)c2)c2ccc(O)c(Cl)c2)c2ccc(O)c(Cl)c2)cc1Cl. The highest BCUT2D eigenvalue weighted by Crippen LogP contribution is 2.42. The van der Waals surface area contributed by atoms with Crippen LogP contribution in [0.25, 0.3) is 11.1 Å². The van der Waals surface area contributed by atoms with Gasteiger partial charge < -0.3 is 20.4 Å². The molecule has 0 saturated carbocycles. The Balaban J connectivity index is 2.17. The molecule has 0 fully saturated rings. The van der Waals surface area contributed by atoms with Gasteiger partial charge in [-0.05, 0) is 81.9 Å². The van der Waals surface area contributed by atoms with Gasteiger partial charge in [0.15, 0.2) is 0 Å². The molecule has 0 radical (unpaired) electrons. The number of benzene rings is 4. The van der Waals surface area contributed by atoms with Gasteiger partial charge in [-0.1, -0.05) is 70.7 Å². The lowest BCUT2D eigenvalue weighted by atomic mass is 9.85. The fourth-order valence-corrected chi connectivity index (χ4v) is 4.28. The van der Waals surface area contributed by atoms with E-state index in [9.17, 15) is 20.4 Å². The van der Waals surface area contributed by atoms with Crippen molar-refractivity contribution >= 4 is 57.5 Å². The Morgan fingerprint density at radius 3 is 0.765 bits per heavy atom. The van der Waals surface area contributed by atoms with Gasteiger partial charge in [0.1, 0.15) is 23.0 Å². The molecule has 0 bridgehead atoms. The van der Waals surface area contributed by atoms with E-state index < -0.39 is 0 Å². The quantitative estimate of drug-likeness (QED) is 0.199. The Morgan fingerprint density at radius 2 is 0.588 bits per heavy atom. The van der Waals surface area contributed by atoms with Crippen molar-refractivity contribution in [2.24, 2.45) is 0 Å². The first kappa shape index (κ1) is 24.1. The summed E-state index contributed by atoms with van der Waals surface area (Å²) in [6.07, 6.45) is 0. The minimum absolute atomic E-state index is 0.0876. The molecule has 172 valence electrons. The van der Waals surface area contributed by atoms with Crippen molar-refractivity contribution in [2.45, 2.75) is 0 Å². The van der Waals surface area contributed by atoms with E-state index in [0.29, 0.717) is 33.4 Å². The predicted octanol–water partition coefficient (Wildman–Crippen LogP) is 8.13. The summed E-state index contributed by atoms with van der Waals surface area (Å²) in [6, 6.07) is 19.0. The zero-order chi connectivity index (χ0) is 24.6. The standard InChI is InChI=1S/C26H16Cl4O4/c27-17-9-13(1-5-21(17)31)25(14-2-6-22(32)18(28)10-14)26(15-3-7-23(33)19(29)11-15)16-4-8-24(34)20(30)12-16/h1-12,31-34H. The summed E-state index contributed by atoms with van der Waals surface area (Å²) in [5.74, 6) is -0.350. The van der Waals surface area contributed by atoms with Crippen molar-refractivity contribution in [3.63, 3.8) is 0 Å². The van der Waals surface area contributed by atoms with Gasteiger partial charge in [-0.15, -0.1) is 0 Å². The third kappa shape index (κ3) is 4.77. The van der Waals surface area contributed by atoms with Crippen molar-refractivity contribution < 1.29 is 20.4 Å². The molecule has 34 heavy (non-hydrogen) atoms. The van der Waals surface area contributed by atoms with Gasteiger partial charge in [-0.25, -0.2) is 0 Å². The summed E-state index contributed by atoms with van der Waals surface area (Å²) in [6.45, 7) is 0. The Bertz CT molecular complexity index is 1230. The summed E-state index contributed by atoms with van der Waals surface area (Å²) in [4.78, 5) is 0. The second-order valence-corrected chi connectivity index (χ2v) is 9.04. The fraction of sp³-hybridized carbons (Fsp3) is 0. The number of phenols is 4. The molecule has 4 aromatic rings. The first-order valence-corrected chi connectivity index (χ1v) is 11.4. The maximum atomic E-state index is 9.99. The van der Waals surface area contributed by atoms with E-state index in [1.807, 2.05) is 0 Å². The van der Waals surface area contributed by atoms with Crippen molar-refractivity contribution in [2.75, 3.05) is 0 Å². The van der Waals surface area contributed by atoms with Crippen LogP contribution in [0.15, 0.2) is 72.8 Å². The Kier molecular flexibility index (Phi) is 6.87. The van der Waals surface area contributed by atoms with Crippen LogP contribution in [-0.2, 0) is 0 Å². The van der Waals surface area contributed by atoms with Gasteiger partial charge >= 0.3 is 0 Å². The number of aromatic hydroxyl groups is 4. The Morgan fingerprint density at radius 1 is 0.382 bits per heavy atom. The largest absolute Gasteiger partial charge is 0.506 e. The molecule has 0 unspecified atom stereocenters. The molecule has 0 aliphatic heterocycles. The normalized spacial score (nSPS) is 10.8. The second-order valence-electron chi connectivity index (χ2n) is 7.41. The van der Waals surface area contributed by atoms with E-state index in [-0.39, 0.29) is 43.1 Å². The zero-order valence-electron chi connectivity index (χ0n) is 17.2. The van der Waals surface area contributed by atoms with Crippen LogP contribution in [0.1, 0.15) is 22.3 Å². The van der Waals surface area contributed by atoms with E-state index in [2.05, 4.69) is 0 Å². The van der Waals surface area contributed by atoms with Gasteiger partial charge in [0.2, 0.25) is 0 Å². The molecule has 0 atom stereocenters. The van der Waals surface area contributed by atoms with Gasteiger partial charge in [0.25, 0.3) is 0 Å². The van der Waals surface area contributed by atoms with Crippen molar-refractivity contribution in [3.05, 3.63) is 115 Å². The molecular weight excluding hydrogens is 518 g/mol. The van der Waals surface area contributed by atoms with Gasteiger partial charge in [-0.3, -0.25) is 0 Å². The summed E-state index contributed by atoms with van der Waals surface area (Å²) < 4.78 is 0. The number of hydrogen-bond donors (Lipinski definition) is 4. The van der Waals surface area contributed by atoms with E-state index in [1.165, 1.54) is 24.3 Å². The molecule has 4 N–H and O–H groups in total. The number of halogens is 4. The Hall–Kier alpha value is -3.02. The zero-order valence-corrected chi connectivity index (χ0v) is 20.3. The molecule has 0 aromatic heterocycles. The predicted molar refractivity (Wildman–Crippen MR) is 137 cm³/mol. The number of rotatable bonds is 4. The topological polar surface area (TPSA) is 80.9 Å². The maximum absolute atomic E-state index is 9.99. The molecule has 4 nitrogen and oxygen atoms in total. The monoisotopic (exact) mass is 532 g/mol. The molecular formula is C26H16Cl4O4. The van der Waals surface area contributed by atoms with E-state index in [0.717, 1.165) is 0 Å². The van der Waals surface area contributed by atoms with Crippen molar-refractivity contribution in [3.8, 4) is 23.0 Å². The van der Waals surface area contributed by atoms with Crippen LogP contribution in [0.3, 0.4) is 0 Å². The summed E-state index contributed by atoms with van der Waals surface area (Å²) >= 11 is 25.0. The molecule has 0 aliphatic rings. The third-order valence-corrected chi connectivity index (χ3v) is 6.41. The van der Waals surface area contributed by atoms with Crippen LogP contribution in [0.4, 0.5) is 0 Å². The molecule has 0 spiro atoms. The third-order valence-electron chi connectivity index (χ3n) is 5.20. The van der Waals surface area contributed by atoms with Crippen LogP contribution in [0, 0.1) is 0 Å². The van der Waals surface area contributed by atoms with E-state index >= 15 is 0 Å². The first-order valence-electron chi connectivity index (χ1n) is 9.85. The highest BCUT2D eigenvalue weighted by Gasteiger charge is 2.20. The molecule has 4 aromatic carbocycles. The summed E-state index contributed by atoms with van der Waals surface area (Å²) in [5, 5.41) is 40.5. The molecule has 0 heterocycles. The highest BCUT2D eigenvalue weighted by molar-refractivity contribution is 6.34. The summed E-state index contributed by atoms with van der Waals surface area (Å²) in [7, 11) is 0. The van der Waals surface area contributed by atoms with Crippen LogP contribution in [-0.4, -0.2) is 20.4 Å². The van der Waals surface area contributed by atoms with Crippen LogP contribution < -0.4 is 0 Å². The first-order chi connectivity index (χ1) is 16.2. The van der Waals surface area contributed by atoms with Gasteiger partial charge in [0, 0.05) is 0 Å². The van der Waals surface area contributed by atoms with Crippen molar-refractivity contribution in [1.29, 1.82) is 0 Å². The fourth-order valence-electron chi connectivity index (χ4n) is 3.56. The Labute approximate surface area is 215 Å². The maximum Gasteiger partial charge on any atom is 0.134 e. The molecule has 0 amide bonds. The molecule has 0 saturated heterocycles. The lowest BCUT2D eigenvalue weighted by molar-refractivity contribution is 0.475. The highest BCUT2D eigenvalue weighted by atomic mass is 35.5. The average Bonchev–Trinajstić information content (AvgIpc) is 2.80. The lowest BCUT2D eigenvalue weighted by Crippen LogP contribution is -1.98. The second kappa shape index (κ2) is 9.69. The average molecular weight is 534 g/mol. The lowest BCUT2D eigenvalue weighted by Gasteiger charge is -2.19. The van der Waals surface area contributed by atoms with E-state index in [1.54, 1.807) is 48.5 Å². The summed E-state index contributed by atoms with van der Waals surface area (Å²) in [5.41, 5.74) is 3.71. The smallest absolute Gasteiger partial charge is 0.134 e. The van der Waals surface area contributed by atoms with E-state index in [4.69, 9.17) is 46.4 Å². The number of hydrogen-bond acceptors (Lipinski definition) is 4. The van der Waals surface area contributed by atoms with Crippen LogP contribution in [0.5, 0.6) is 23.0 Å². The van der Waals surface area contributed by atoms with Crippen LogP contribution >= 0.6 is 46.4 Å². The minimum Gasteiger partial charge on any atom is -0.506 e. The molecule has 4 rings (SSSR count). The molecule has 0 aliphatic carbocycles. The number of phenolic OH excluding ortho intramolecular Hbond substituents is 4.